The van der Waals surface area contributed by atoms with Crippen LogP contribution >= 0.6 is 0 Å². The van der Waals surface area contributed by atoms with Crippen LogP contribution in [0.1, 0.15) is 51.3 Å². The lowest BCUT2D eigenvalue weighted by molar-refractivity contribution is 0.0318. The third kappa shape index (κ3) is 4.85. The van der Waals surface area contributed by atoms with Gasteiger partial charge >= 0.3 is 5.97 Å². The number of esters is 1. The van der Waals surface area contributed by atoms with Crippen molar-refractivity contribution in [1.82, 2.24) is 4.72 Å². The summed E-state index contributed by atoms with van der Waals surface area (Å²) >= 11 is 0. The van der Waals surface area contributed by atoms with Crippen molar-refractivity contribution in [3.8, 4) is 0 Å². The molecule has 2 aromatic carbocycles. The van der Waals surface area contributed by atoms with E-state index in [1.54, 1.807) is 26.0 Å². The second kappa shape index (κ2) is 8.67. The molecule has 2 aromatic rings. The minimum absolute atomic E-state index is 0.0277. The Balaban J connectivity index is 2.24. The summed E-state index contributed by atoms with van der Waals surface area (Å²) in [6, 6.07) is 9.53. The van der Waals surface area contributed by atoms with Gasteiger partial charge < -0.3 is 4.74 Å². The van der Waals surface area contributed by atoms with Crippen molar-refractivity contribution in [2.24, 2.45) is 0 Å². The first-order valence-corrected chi connectivity index (χ1v) is 10.5. The number of nitrogens with one attached hydrogen (secondary N) is 1. The van der Waals surface area contributed by atoms with Gasteiger partial charge in [-0.1, -0.05) is 25.1 Å². The number of Topliss-reactive ketones (excluding diaryl/α,β-unsaturated/α-hetero) is 1. The second-order valence-electron chi connectivity index (χ2n) is 6.69. The molecule has 0 aliphatic rings. The van der Waals surface area contributed by atoms with Crippen molar-refractivity contribution >= 4 is 21.8 Å². The number of aryl methyl sites for hydroxylation is 3. The van der Waals surface area contributed by atoms with Crippen molar-refractivity contribution in [1.29, 1.82) is 0 Å². The summed E-state index contributed by atoms with van der Waals surface area (Å²) < 4.78 is 32.1. The van der Waals surface area contributed by atoms with Crippen molar-refractivity contribution in [2.75, 3.05) is 6.54 Å². The number of sulfonamides is 1. The molecular formula is C21H25NO5S. The molecular weight excluding hydrogens is 378 g/mol. The van der Waals surface area contributed by atoms with E-state index >= 15 is 0 Å². The predicted octanol–water partition coefficient (Wildman–Crippen LogP) is 3.34. The molecule has 0 bridgehead atoms. The molecule has 0 aliphatic carbocycles. The quantitative estimate of drug-likeness (QED) is 0.566. The van der Waals surface area contributed by atoms with Gasteiger partial charge in [0, 0.05) is 12.1 Å². The number of benzene rings is 2. The highest BCUT2D eigenvalue weighted by atomic mass is 32.2. The largest absolute Gasteiger partial charge is 0.451 e. The summed E-state index contributed by atoms with van der Waals surface area (Å²) in [5, 5.41) is 0. The number of ether oxygens (including phenoxy) is 1. The molecule has 0 radical (unpaired) electrons. The van der Waals surface area contributed by atoms with Gasteiger partial charge in [0.25, 0.3) is 0 Å². The Labute approximate surface area is 166 Å². The standard InChI is InChI=1S/C21H25NO5S/c1-6-22-28(25,26)18-10-8-14(3)19(12-18)21(24)27-16(5)20(23)17-9-7-13(2)15(4)11-17/h7-12,16,22H,6H2,1-5H3. The normalized spacial score (nSPS) is 12.5. The minimum Gasteiger partial charge on any atom is -0.451 e. The van der Waals surface area contributed by atoms with Gasteiger partial charge in [-0.15, -0.1) is 0 Å². The summed E-state index contributed by atoms with van der Waals surface area (Å²) in [4.78, 5) is 25.1. The highest BCUT2D eigenvalue weighted by molar-refractivity contribution is 7.89. The SMILES string of the molecule is CCNS(=O)(=O)c1ccc(C)c(C(=O)OC(C)C(=O)c2ccc(C)c(C)c2)c1. The van der Waals surface area contributed by atoms with E-state index in [0.29, 0.717) is 11.1 Å². The first-order chi connectivity index (χ1) is 13.1. The predicted molar refractivity (Wildman–Crippen MR) is 107 cm³/mol. The van der Waals surface area contributed by atoms with Gasteiger partial charge in [-0.25, -0.2) is 17.9 Å². The van der Waals surface area contributed by atoms with Crippen LogP contribution in [-0.2, 0) is 14.8 Å². The van der Waals surface area contributed by atoms with E-state index in [0.717, 1.165) is 11.1 Å². The molecule has 6 nitrogen and oxygen atoms in total. The summed E-state index contributed by atoms with van der Waals surface area (Å²) in [6.45, 7) is 8.94. The van der Waals surface area contributed by atoms with Crippen molar-refractivity contribution in [3.63, 3.8) is 0 Å². The maximum absolute atomic E-state index is 12.6. The van der Waals surface area contributed by atoms with Gasteiger partial charge in [0.2, 0.25) is 15.8 Å². The Kier molecular flexibility index (Phi) is 6.74. The zero-order valence-corrected chi connectivity index (χ0v) is 17.5. The van der Waals surface area contributed by atoms with Gasteiger partial charge in [0.05, 0.1) is 10.5 Å². The second-order valence-corrected chi connectivity index (χ2v) is 8.46. The van der Waals surface area contributed by atoms with Crippen LogP contribution in [0.2, 0.25) is 0 Å². The molecule has 2 rings (SSSR count). The Morgan fingerprint density at radius 3 is 2.25 bits per heavy atom. The molecule has 0 aromatic heterocycles. The maximum atomic E-state index is 12.6. The van der Waals surface area contributed by atoms with Crippen LogP contribution in [-0.4, -0.2) is 32.8 Å². The van der Waals surface area contributed by atoms with Gasteiger partial charge in [0.15, 0.2) is 6.10 Å². The van der Waals surface area contributed by atoms with E-state index in [-0.39, 0.29) is 22.8 Å². The van der Waals surface area contributed by atoms with Crippen LogP contribution in [0.5, 0.6) is 0 Å². The average Bonchev–Trinajstić information content (AvgIpc) is 2.63. The Morgan fingerprint density at radius 2 is 1.64 bits per heavy atom. The monoisotopic (exact) mass is 403 g/mol. The lowest BCUT2D eigenvalue weighted by Gasteiger charge is -2.15. The average molecular weight is 404 g/mol. The van der Waals surface area contributed by atoms with Crippen LogP contribution in [0.15, 0.2) is 41.3 Å². The molecule has 1 atom stereocenters. The molecule has 0 amide bonds. The molecule has 0 saturated carbocycles. The lowest BCUT2D eigenvalue weighted by atomic mass is 10.0. The molecule has 1 unspecified atom stereocenters. The first kappa shape index (κ1) is 21.8. The molecule has 0 fully saturated rings. The van der Waals surface area contributed by atoms with Gasteiger partial charge in [-0.05, 0) is 62.6 Å². The fourth-order valence-electron chi connectivity index (χ4n) is 2.67. The molecule has 0 spiro atoms. The zero-order chi connectivity index (χ0) is 21.1. The summed E-state index contributed by atoms with van der Waals surface area (Å²) in [6.07, 6.45) is -0.997. The molecule has 0 heterocycles. The molecule has 0 aliphatic heterocycles. The fourth-order valence-corrected chi connectivity index (χ4v) is 3.74. The minimum atomic E-state index is -3.70. The molecule has 28 heavy (non-hydrogen) atoms. The van der Waals surface area contributed by atoms with E-state index in [4.69, 9.17) is 4.74 Å². The highest BCUT2D eigenvalue weighted by Crippen LogP contribution is 2.19. The van der Waals surface area contributed by atoms with Gasteiger partial charge in [-0.2, -0.15) is 0 Å². The fraction of sp³-hybridized carbons (Fsp3) is 0.333. The Hall–Kier alpha value is -2.51. The third-order valence-corrected chi connectivity index (χ3v) is 6.06. The number of rotatable bonds is 7. The van der Waals surface area contributed by atoms with E-state index in [9.17, 15) is 18.0 Å². The Bertz CT molecular complexity index is 1010. The van der Waals surface area contributed by atoms with Gasteiger partial charge in [0.1, 0.15) is 0 Å². The van der Waals surface area contributed by atoms with E-state index in [2.05, 4.69) is 4.72 Å². The molecule has 1 N–H and O–H groups in total. The van der Waals surface area contributed by atoms with Crippen LogP contribution in [0.4, 0.5) is 0 Å². The number of carbonyl (C=O) groups is 2. The van der Waals surface area contributed by atoms with Crippen LogP contribution in [0.3, 0.4) is 0 Å². The first-order valence-electron chi connectivity index (χ1n) is 8.99. The van der Waals surface area contributed by atoms with E-state index < -0.39 is 22.1 Å². The maximum Gasteiger partial charge on any atom is 0.339 e. The van der Waals surface area contributed by atoms with Crippen LogP contribution in [0, 0.1) is 20.8 Å². The summed E-state index contributed by atoms with van der Waals surface area (Å²) in [5.74, 6) is -1.05. The van der Waals surface area contributed by atoms with Crippen molar-refractivity contribution < 1.29 is 22.7 Å². The van der Waals surface area contributed by atoms with E-state index in [1.165, 1.54) is 25.1 Å². The Morgan fingerprint density at radius 1 is 1.00 bits per heavy atom. The molecule has 0 saturated heterocycles. The van der Waals surface area contributed by atoms with Crippen LogP contribution < -0.4 is 4.72 Å². The molecule has 150 valence electrons. The number of ketones is 1. The number of hydrogen-bond donors (Lipinski definition) is 1. The van der Waals surface area contributed by atoms with Crippen molar-refractivity contribution in [3.05, 3.63) is 64.2 Å². The summed E-state index contributed by atoms with van der Waals surface area (Å²) in [5.41, 5.74) is 3.17. The zero-order valence-electron chi connectivity index (χ0n) is 16.7. The lowest BCUT2D eigenvalue weighted by Crippen LogP contribution is -2.26. The summed E-state index contributed by atoms with van der Waals surface area (Å²) in [7, 11) is -3.70. The topological polar surface area (TPSA) is 89.5 Å². The number of carbonyl (C=O) groups excluding carboxylic acids is 2. The molecule has 7 heteroatoms. The smallest absolute Gasteiger partial charge is 0.339 e. The highest BCUT2D eigenvalue weighted by Gasteiger charge is 2.23. The number of hydrogen-bond acceptors (Lipinski definition) is 5. The van der Waals surface area contributed by atoms with Gasteiger partial charge in [-0.3, -0.25) is 4.79 Å². The van der Waals surface area contributed by atoms with Crippen LogP contribution in [0.25, 0.3) is 0 Å². The van der Waals surface area contributed by atoms with E-state index in [1.807, 2.05) is 19.9 Å². The van der Waals surface area contributed by atoms with Crippen molar-refractivity contribution in [2.45, 2.75) is 45.6 Å². The third-order valence-electron chi connectivity index (χ3n) is 4.52.